The van der Waals surface area contributed by atoms with Crippen molar-refractivity contribution in [3.05, 3.63) is 36.6 Å². The van der Waals surface area contributed by atoms with Crippen molar-refractivity contribution >= 4 is 0 Å². The minimum atomic E-state index is 1.11. The van der Waals surface area contributed by atoms with E-state index >= 15 is 0 Å². The topological polar surface area (TPSA) is 12.0 Å². The maximum atomic E-state index is 3.52. The standard InChI is InChI=1S/C13H23N.C2H4/c1-3-5-8-12-9-6-7-10-13(12)14-11-4-2;1-2/h9-10,14H,3-8,11H2,1-2H3;1-2H2. The number of hydrogen-bond donors (Lipinski definition) is 1. The molecule has 1 aliphatic carbocycles. The second-order valence-corrected chi connectivity index (χ2v) is 3.95. The van der Waals surface area contributed by atoms with Crippen LogP contribution in [0.1, 0.15) is 52.4 Å². The summed E-state index contributed by atoms with van der Waals surface area (Å²) >= 11 is 0. The number of nitrogens with one attached hydrogen (secondary N) is 1. The lowest BCUT2D eigenvalue weighted by Crippen LogP contribution is -2.17. The van der Waals surface area contributed by atoms with E-state index in [4.69, 9.17) is 0 Å². The van der Waals surface area contributed by atoms with Crippen molar-refractivity contribution in [1.29, 1.82) is 0 Å². The molecule has 0 aromatic heterocycles. The van der Waals surface area contributed by atoms with Gasteiger partial charge in [-0.1, -0.05) is 32.4 Å². The predicted molar refractivity (Wildman–Crippen MR) is 74.5 cm³/mol. The molecule has 1 heteroatoms. The molecule has 0 aliphatic heterocycles. The molecule has 0 radical (unpaired) electrons. The molecule has 1 nitrogen and oxygen atoms in total. The molecule has 0 atom stereocenters. The number of hydrogen-bond acceptors (Lipinski definition) is 1. The van der Waals surface area contributed by atoms with Gasteiger partial charge in [0.25, 0.3) is 0 Å². The van der Waals surface area contributed by atoms with Gasteiger partial charge in [-0.05, 0) is 37.7 Å². The predicted octanol–water partition coefficient (Wildman–Crippen LogP) is 4.58. The maximum Gasteiger partial charge on any atom is 0.0329 e. The molecule has 0 saturated carbocycles. The highest BCUT2D eigenvalue weighted by Crippen LogP contribution is 2.21. The molecule has 0 unspecified atom stereocenters. The van der Waals surface area contributed by atoms with Crippen LogP contribution in [-0.4, -0.2) is 6.54 Å². The molecule has 0 heterocycles. The fourth-order valence-corrected chi connectivity index (χ4v) is 1.78. The third-order valence-electron chi connectivity index (χ3n) is 2.62. The number of rotatable bonds is 6. The van der Waals surface area contributed by atoms with Gasteiger partial charge in [0.2, 0.25) is 0 Å². The fraction of sp³-hybridized carbons (Fsp3) is 0.600. The van der Waals surface area contributed by atoms with Crippen molar-refractivity contribution in [1.82, 2.24) is 5.32 Å². The molecule has 0 bridgehead atoms. The first-order chi connectivity index (χ1) is 7.88. The highest BCUT2D eigenvalue weighted by Gasteiger charge is 2.06. The quantitative estimate of drug-likeness (QED) is 0.647. The van der Waals surface area contributed by atoms with E-state index in [1.54, 1.807) is 5.57 Å². The number of allylic oxidation sites excluding steroid dienone is 3. The summed E-state index contributed by atoms with van der Waals surface area (Å²) in [4.78, 5) is 0. The van der Waals surface area contributed by atoms with Crippen molar-refractivity contribution < 1.29 is 0 Å². The van der Waals surface area contributed by atoms with Gasteiger partial charge in [0.15, 0.2) is 0 Å². The Hall–Kier alpha value is -0.980. The van der Waals surface area contributed by atoms with Crippen LogP contribution in [-0.2, 0) is 0 Å². The molecule has 92 valence electrons. The zero-order valence-electron chi connectivity index (χ0n) is 11.0. The molecule has 0 fully saturated rings. The van der Waals surface area contributed by atoms with Crippen molar-refractivity contribution in [3.8, 4) is 0 Å². The average molecular weight is 221 g/mol. The smallest absolute Gasteiger partial charge is 0.0329 e. The summed E-state index contributed by atoms with van der Waals surface area (Å²) in [5, 5.41) is 3.52. The Bertz CT molecular complexity index is 202. The SMILES string of the molecule is C=C.CCCCC1=CCCC=C1NCCC. The molecule has 0 saturated heterocycles. The van der Waals surface area contributed by atoms with Crippen LogP contribution in [0.5, 0.6) is 0 Å². The minimum absolute atomic E-state index is 1.11. The molecule has 0 amide bonds. The third-order valence-corrected chi connectivity index (χ3v) is 2.62. The lowest BCUT2D eigenvalue weighted by atomic mass is 9.98. The molecular weight excluding hydrogens is 194 g/mol. The summed E-state index contributed by atoms with van der Waals surface area (Å²) < 4.78 is 0. The van der Waals surface area contributed by atoms with E-state index in [0.717, 1.165) is 6.54 Å². The summed E-state index contributed by atoms with van der Waals surface area (Å²) in [5.74, 6) is 0. The second-order valence-electron chi connectivity index (χ2n) is 3.95. The van der Waals surface area contributed by atoms with Crippen LogP contribution in [0.3, 0.4) is 0 Å². The number of unbranched alkanes of at least 4 members (excludes halogenated alkanes) is 1. The monoisotopic (exact) mass is 221 g/mol. The van der Waals surface area contributed by atoms with E-state index in [-0.39, 0.29) is 0 Å². The largest absolute Gasteiger partial charge is 0.385 e. The van der Waals surface area contributed by atoms with Crippen molar-refractivity contribution in [3.63, 3.8) is 0 Å². The lowest BCUT2D eigenvalue weighted by molar-refractivity contribution is 0.720. The first-order valence-electron chi connectivity index (χ1n) is 6.52. The summed E-state index contributed by atoms with van der Waals surface area (Å²) in [5.41, 5.74) is 2.96. The molecule has 0 spiro atoms. The van der Waals surface area contributed by atoms with E-state index in [0.29, 0.717) is 0 Å². The zero-order chi connectivity index (χ0) is 12.2. The van der Waals surface area contributed by atoms with Crippen LogP contribution in [0, 0.1) is 0 Å². The Kier molecular flexibility index (Phi) is 9.89. The third kappa shape index (κ3) is 5.79. The Balaban J connectivity index is 0.00000106. The summed E-state index contributed by atoms with van der Waals surface area (Å²) in [6.07, 6.45) is 12.3. The maximum absolute atomic E-state index is 3.52. The summed E-state index contributed by atoms with van der Waals surface area (Å²) in [6, 6.07) is 0. The van der Waals surface area contributed by atoms with Gasteiger partial charge in [-0.3, -0.25) is 0 Å². The van der Waals surface area contributed by atoms with Crippen LogP contribution in [0.15, 0.2) is 36.6 Å². The minimum Gasteiger partial charge on any atom is -0.385 e. The highest BCUT2D eigenvalue weighted by atomic mass is 14.9. The Labute approximate surface area is 101 Å². The Morgan fingerprint density at radius 3 is 2.44 bits per heavy atom. The fourth-order valence-electron chi connectivity index (χ4n) is 1.78. The van der Waals surface area contributed by atoms with Crippen LogP contribution in [0.4, 0.5) is 0 Å². The molecule has 16 heavy (non-hydrogen) atoms. The normalized spacial score (nSPS) is 14.4. The van der Waals surface area contributed by atoms with Gasteiger partial charge < -0.3 is 5.32 Å². The van der Waals surface area contributed by atoms with E-state index < -0.39 is 0 Å². The molecule has 1 N–H and O–H groups in total. The van der Waals surface area contributed by atoms with Crippen LogP contribution in [0.25, 0.3) is 0 Å². The molecule has 1 rings (SSSR count). The van der Waals surface area contributed by atoms with Gasteiger partial charge in [0.1, 0.15) is 0 Å². The van der Waals surface area contributed by atoms with Crippen molar-refractivity contribution in [2.45, 2.75) is 52.4 Å². The summed E-state index contributed by atoms with van der Waals surface area (Å²) in [6.45, 7) is 11.6. The van der Waals surface area contributed by atoms with Gasteiger partial charge in [0.05, 0.1) is 0 Å². The van der Waals surface area contributed by atoms with Gasteiger partial charge in [-0.25, -0.2) is 0 Å². The van der Waals surface area contributed by atoms with Crippen molar-refractivity contribution in [2.24, 2.45) is 0 Å². The van der Waals surface area contributed by atoms with Gasteiger partial charge in [-0.15, -0.1) is 13.2 Å². The van der Waals surface area contributed by atoms with Gasteiger partial charge >= 0.3 is 0 Å². The van der Waals surface area contributed by atoms with E-state index in [1.165, 1.54) is 44.2 Å². The van der Waals surface area contributed by atoms with Crippen molar-refractivity contribution in [2.75, 3.05) is 6.54 Å². The van der Waals surface area contributed by atoms with E-state index in [1.807, 2.05) is 0 Å². The average Bonchev–Trinajstić information content (AvgIpc) is 2.37. The molecule has 0 aromatic carbocycles. The van der Waals surface area contributed by atoms with Gasteiger partial charge in [-0.2, -0.15) is 0 Å². The van der Waals surface area contributed by atoms with E-state index in [2.05, 4.69) is 44.5 Å². The molecular formula is C15H27N. The Morgan fingerprint density at radius 2 is 1.81 bits per heavy atom. The molecule has 0 aromatic rings. The first-order valence-corrected chi connectivity index (χ1v) is 6.52. The lowest BCUT2D eigenvalue weighted by Gasteiger charge is -2.17. The zero-order valence-corrected chi connectivity index (χ0v) is 11.0. The van der Waals surface area contributed by atoms with Crippen LogP contribution >= 0.6 is 0 Å². The molecule has 1 aliphatic rings. The highest BCUT2D eigenvalue weighted by molar-refractivity contribution is 5.32. The Morgan fingerprint density at radius 1 is 1.12 bits per heavy atom. The first kappa shape index (κ1) is 15.0. The van der Waals surface area contributed by atoms with Gasteiger partial charge in [0, 0.05) is 12.2 Å². The van der Waals surface area contributed by atoms with Crippen LogP contribution < -0.4 is 5.32 Å². The second kappa shape index (κ2) is 10.5. The van der Waals surface area contributed by atoms with E-state index in [9.17, 15) is 0 Å². The summed E-state index contributed by atoms with van der Waals surface area (Å²) in [7, 11) is 0. The van der Waals surface area contributed by atoms with Crippen LogP contribution in [0.2, 0.25) is 0 Å².